The number of carbonyl (C=O) groups is 1. The second-order valence-corrected chi connectivity index (χ2v) is 6.35. The largest absolute Gasteiger partial charge is 0.335 e. The summed E-state index contributed by atoms with van der Waals surface area (Å²) in [5.74, 6) is 0. The zero-order valence-electron chi connectivity index (χ0n) is 11.0. The van der Waals surface area contributed by atoms with Crippen molar-refractivity contribution in [2.45, 2.75) is 43.0 Å². The van der Waals surface area contributed by atoms with Crippen LogP contribution < -0.4 is 10.6 Å². The van der Waals surface area contributed by atoms with Crippen molar-refractivity contribution in [3.63, 3.8) is 0 Å². The number of amides is 2. The van der Waals surface area contributed by atoms with Crippen LogP contribution >= 0.6 is 0 Å². The zero-order valence-corrected chi connectivity index (χ0v) is 11.8. The van der Waals surface area contributed by atoms with Gasteiger partial charge in [0.25, 0.3) is 10.1 Å². The van der Waals surface area contributed by atoms with E-state index < -0.39 is 10.1 Å². The van der Waals surface area contributed by atoms with Gasteiger partial charge in [-0.25, -0.2) is 4.79 Å². The van der Waals surface area contributed by atoms with E-state index >= 15 is 0 Å². The molecule has 6 nitrogen and oxygen atoms in total. The number of carbonyl (C=O) groups excluding carboxylic acids is 1. The van der Waals surface area contributed by atoms with Gasteiger partial charge < -0.3 is 10.6 Å². The Balaban J connectivity index is 1.91. The standard InChI is InChI=1S/C13H18N2O4S/c16-13(14-10-4-2-1-3-5-10)15-11-6-8-12(9-7-11)20(17,18)19/h6-10H,1-5H2,(H2,14,15,16)(H,17,18,19). The van der Waals surface area contributed by atoms with E-state index in [0.29, 0.717) is 5.69 Å². The van der Waals surface area contributed by atoms with E-state index in [0.717, 1.165) is 25.7 Å². The first-order valence-electron chi connectivity index (χ1n) is 6.60. The molecule has 2 rings (SSSR count). The molecule has 2 amide bonds. The minimum Gasteiger partial charge on any atom is -0.335 e. The number of hydrogen-bond acceptors (Lipinski definition) is 3. The molecule has 1 saturated carbocycles. The van der Waals surface area contributed by atoms with Crippen LogP contribution in [0.15, 0.2) is 29.2 Å². The molecule has 0 aliphatic heterocycles. The molecule has 0 unspecified atom stereocenters. The quantitative estimate of drug-likeness (QED) is 0.747. The van der Waals surface area contributed by atoms with E-state index in [9.17, 15) is 13.2 Å². The summed E-state index contributed by atoms with van der Waals surface area (Å²) in [4.78, 5) is 11.6. The second-order valence-electron chi connectivity index (χ2n) is 4.93. The Kier molecular flexibility index (Phi) is 4.61. The maximum atomic E-state index is 11.8. The third kappa shape index (κ3) is 4.21. The van der Waals surface area contributed by atoms with Gasteiger partial charge in [-0.1, -0.05) is 19.3 Å². The van der Waals surface area contributed by atoms with Gasteiger partial charge in [0.2, 0.25) is 0 Å². The highest BCUT2D eigenvalue weighted by Crippen LogP contribution is 2.18. The molecule has 0 aromatic heterocycles. The van der Waals surface area contributed by atoms with E-state index in [1.165, 1.54) is 30.7 Å². The van der Waals surface area contributed by atoms with Crippen LogP contribution in [-0.4, -0.2) is 25.0 Å². The Bertz CT molecular complexity index is 563. The first kappa shape index (κ1) is 14.8. The molecule has 0 heterocycles. The van der Waals surface area contributed by atoms with Crippen molar-refractivity contribution in [1.29, 1.82) is 0 Å². The highest BCUT2D eigenvalue weighted by atomic mass is 32.2. The van der Waals surface area contributed by atoms with Crippen molar-refractivity contribution in [3.8, 4) is 0 Å². The van der Waals surface area contributed by atoms with Gasteiger partial charge in [0, 0.05) is 11.7 Å². The number of nitrogens with one attached hydrogen (secondary N) is 2. The fourth-order valence-corrected chi connectivity index (χ4v) is 2.79. The lowest BCUT2D eigenvalue weighted by Crippen LogP contribution is -2.38. The Hall–Kier alpha value is -1.60. The third-order valence-electron chi connectivity index (χ3n) is 3.35. The van der Waals surface area contributed by atoms with E-state index in [1.54, 1.807) is 0 Å². The van der Waals surface area contributed by atoms with Crippen LogP contribution in [0.25, 0.3) is 0 Å². The minimum atomic E-state index is -4.20. The van der Waals surface area contributed by atoms with Crippen LogP contribution in [0.2, 0.25) is 0 Å². The zero-order chi connectivity index (χ0) is 14.6. The maximum Gasteiger partial charge on any atom is 0.319 e. The molecule has 1 aliphatic carbocycles. The van der Waals surface area contributed by atoms with Crippen LogP contribution in [0.4, 0.5) is 10.5 Å². The van der Waals surface area contributed by atoms with Gasteiger partial charge in [-0.2, -0.15) is 8.42 Å². The van der Waals surface area contributed by atoms with E-state index in [2.05, 4.69) is 10.6 Å². The Labute approximate surface area is 118 Å². The average molecular weight is 298 g/mol. The molecule has 0 bridgehead atoms. The van der Waals surface area contributed by atoms with Crippen molar-refractivity contribution in [2.75, 3.05) is 5.32 Å². The van der Waals surface area contributed by atoms with Crippen molar-refractivity contribution in [1.82, 2.24) is 5.32 Å². The fraction of sp³-hybridized carbons (Fsp3) is 0.462. The van der Waals surface area contributed by atoms with E-state index in [-0.39, 0.29) is 17.0 Å². The molecule has 0 saturated heterocycles. The predicted octanol–water partition coefficient (Wildman–Crippen LogP) is 2.39. The lowest BCUT2D eigenvalue weighted by Gasteiger charge is -2.22. The molecule has 0 atom stereocenters. The topological polar surface area (TPSA) is 95.5 Å². The lowest BCUT2D eigenvalue weighted by molar-refractivity contribution is 0.244. The molecule has 110 valence electrons. The van der Waals surface area contributed by atoms with Gasteiger partial charge in [0.1, 0.15) is 0 Å². The van der Waals surface area contributed by atoms with Crippen LogP contribution in [0.3, 0.4) is 0 Å². The molecule has 1 aromatic rings. The Morgan fingerprint density at radius 2 is 1.70 bits per heavy atom. The van der Waals surface area contributed by atoms with Crippen LogP contribution in [0, 0.1) is 0 Å². The van der Waals surface area contributed by atoms with Gasteiger partial charge in [0.05, 0.1) is 4.90 Å². The highest BCUT2D eigenvalue weighted by Gasteiger charge is 2.15. The Morgan fingerprint density at radius 3 is 2.25 bits per heavy atom. The van der Waals surface area contributed by atoms with E-state index in [4.69, 9.17) is 4.55 Å². The summed E-state index contributed by atoms with van der Waals surface area (Å²) in [5.41, 5.74) is 0.478. The number of anilines is 1. The molecule has 1 fully saturated rings. The fourth-order valence-electron chi connectivity index (χ4n) is 2.31. The highest BCUT2D eigenvalue weighted by molar-refractivity contribution is 7.85. The number of urea groups is 1. The van der Waals surface area contributed by atoms with E-state index in [1.807, 2.05) is 0 Å². The molecular formula is C13H18N2O4S. The molecule has 7 heteroatoms. The summed E-state index contributed by atoms with van der Waals surface area (Å²) in [7, 11) is -4.20. The summed E-state index contributed by atoms with van der Waals surface area (Å²) in [6, 6.07) is 5.27. The number of rotatable bonds is 3. The smallest absolute Gasteiger partial charge is 0.319 e. The monoisotopic (exact) mass is 298 g/mol. The van der Waals surface area contributed by atoms with Gasteiger partial charge >= 0.3 is 6.03 Å². The third-order valence-corrected chi connectivity index (χ3v) is 4.22. The van der Waals surface area contributed by atoms with Gasteiger partial charge in [-0.15, -0.1) is 0 Å². The summed E-state index contributed by atoms with van der Waals surface area (Å²) in [6.45, 7) is 0. The van der Waals surface area contributed by atoms with Gasteiger partial charge in [0.15, 0.2) is 0 Å². The summed E-state index contributed by atoms with van der Waals surface area (Å²) >= 11 is 0. The molecule has 0 spiro atoms. The molecule has 20 heavy (non-hydrogen) atoms. The number of hydrogen-bond donors (Lipinski definition) is 3. The van der Waals surface area contributed by atoms with Crippen LogP contribution in [-0.2, 0) is 10.1 Å². The Morgan fingerprint density at radius 1 is 1.10 bits per heavy atom. The molecule has 0 radical (unpaired) electrons. The molecule has 1 aliphatic rings. The molecule has 3 N–H and O–H groups in total. The SMILES string of the molecule is O=C(Nc1ccc(S(=O)(=O)O)cc1)NC1CCCCC1. The summed E-state index contributed by atoms with van der Waals surface area (Å²) < 4.78 is 30.6. The normalized spacial score (nSPS) is 16.6. The summed E-state index contributed by atoms with van der Waals surface area (Å²) in [5, 5.41) is 5.54. The molecular weight excluding hydrogens is 280 g/mol. The molecule has 1 aromatic carbocycles. The second kappa shape index (κ2) is 6.23. The first-order valence-corrected chi connectivity index (χ1v) is 8.04. The van der Waals surface area contributed by atoms with Crippen molar-refractivity contribution in [2.24, 2.45) is 0 Å². The minimum absolute atomic E-state index is 0.198. The van der Waals surface area contributed by atoms with Gasteiger partial charge in [-0.05, 0) is 37.1 Å². The van der Waals surface area contributed by atoms with Crippen molar-refractivity contribution >= 4 is 21.8 Å². The van der Waals surface area contributed by atoms with Crippen molar-refractivity contribution < 1.29 is 17.8 Å². The lowest BCUT2D eigenvalue weighted by atomic mass is 9.96. The first-order chi connectivity index (χ1) is 9.45. The van der Waals surface area contributed by atoms with Crippen LogP contribution in [0.1, 0.15) is 32.1 Å². The predicted molar refractivity (Wildman–Crippen MR) is 75.3 cm³/mol. The van der Waals surface area contributed by atoms with Gasteiger partial charge in [-0.3, -0.25) is 4.55 Å². The summed E-state index contributed by atoms with van der Waals surface area (Å²) in [6.07, 6.45) is 5.48. The van der Waals surface area contributed by atoms with Crippen molar-refractivity contribution in [3.05, 3.63) is 24.3 Å². The number of benzene rings is 1. The average Bonchev–Trinajstić information content (AvgIpc) is 2.39. The maximum absolute atomic E-state index is 11.8. The van der Waals surface area contributed by atoms with Crippen LogP contribution in [0.5, 0.6) is 0 Å².